The molecule has 2 heterocycles. The number of halogens is 4. The Hall–Kier alpha value is -3.15. The summed E-state index contributed by atoms with van der Waals surface area (Å²) in [6.45, 7) is 0.876. The van der Waals surface area contributed by atoms with Gasteiger partial charge < -0.3 is 4.74 Å². The quantitative estimate of drug-likeness (QED) is 0.427. The van der Waals surface area contributed by atoms with Crippen LogP contribution in [0.3, 0.4) is 0 Å². The maximum atomic E-state index is 13.0. The molecule has 0 bridgehead atoms. The van der Waals surface area contributed by atoms with Crippen LogP contribution in [0.25, 0.3) is 10.9 Å². The van der Waals surface area contributed by atoms with Crippen LogP contribution >= 0.6 is 11.6 Å². The fraction of sp³-hybridized carbons (Fsp3) is 0.320. The molecule has 3 aromatic rings. The lowest BCUT2D eigenvalue weighted by Crippen LogP contribution is -2.38. The maximum absolute atomic E-state index is 13.0. The molecule has 0 radical (unpaired) electrons. The minimum absolute atomic E-state index is 0.0354. The third kappa shape index (κ3) is 4.86. The van der Waals surface area contributed by atoms with Gasteiger partial charge in [-0.25, -0.2) is 4.98 Å². The van der Waals surface area contributed by atoms with Gasteiger partial charge in [-0.1, -0.05) is 11.6 Å². The van der Waals surface area contributed by atoms with Gasteiger partial charge in [0.1, 0.15) is 0 Å². The van der Waals surface area contributed by atoms with E-state index >= 15 is 0 Å². The molecule has 0 spiro atoms. The van der Waals surface area contributed by atoms with Crippen LogP contribution < -0.4 is 4.74 Å². The van der Waals surface area contributed by atoms with Crippen LogP contribution in [0.2, 0.25) is 5.02 Å². The Morgan fingerprint density at radius 3 is 2.41 bits per heavy atom. The van der Waals surface area contributed by atoms with Crippen molar-refractivity contribution < 1.29 is 22.7 Å². The molecule has 9 heteroatoms. The highest BCUT2D eigenvalue weighted by Gasteiger charge is 2.41. The largest absolute Gasteiger partial charge is 0.481 e. The SMILES string of the molecule is COc1nc2ccc(C(=O)c3ccc(C#N)cc3)cc2c(Cl)c1CN1CCC(C(F)(F)F)CC1. The number of ketones is 1. The van der Waals surface area contributed by atoms with E-state index in [1.807, 2.05) is 11.0 Å². The number of likely N-dealkylation sites (tertiary alicyclic amines) is 1. The second kappa shape index (κ2) is 9.61. The number of hydrogen-bond acceptors (Lipinski definition) is 5. The zero-order valence-electron chi connectivity index (χ0n) is 18.3. The first kappa shape index (κ1) is 24.0. The second-order valence-corrected chi connectivity index (χ2v) is 8.63. The predicted molar refractivity (Wildman–Crippen MR) is 122 cm³/mol. The highest BCUT2D eigenvalue weighted by Crippen LogP contribution is 2.37. The molecule has 0 atom stereocenters. The van der Waals surface area contributed by atoms with Crippen molar-refractivity contribution in [3.05, 3.63) is 69.7 Å². The highest BCUT2D eigenvalue weighted by molar-refractivity contribution is 6.36. The summed E-state index contributed by atoms with van der Waals surface area (Å²) in [4.78, 5) is 19.4. The van der Waals surface area contributed by atoms with Crippen molar-refractivity contribution in [2.75, 3.05) is 20.2 Å². The number of benzene rings is 2. The lowest BCUT2D eigenvalue weighted by atomic mass is 9.96. The van der Waals surface area contributed by atoms with Crippen LogP contribution in [-0.2, 0) is 6.54 Å². The number of piperidine rings is 1. The molecular weight excluding hydrogens is 467 g/mol. The lowest BCUT2D eigenvalue weighted by molar-refractivity contribution is -0.185. The fourth-order valence-corrected chi connectivity index (χ4v) is 4.49. The van der Waals surface area contributed by atoms with E-state index < -0.39 is 12.1 Å². The summed E-state index contributed by atoms with van der Waals surface area (Å²) in [6.07, 6.45) is -4.11. The summed E-state index contributed by atoms with van der Waals surface area (Å²) in [5.74, 6) is -1.21. The minimum Gasteiger partial charge on any atom is -0.481 e. The normalized spacial score (nSPS) is 15.3. The molecule has 1 aromatic heterocycles. The van der Waals surface area contributed by atoms with E-state index in [9.17, 15) is 18.0 Å². The second-order valence-electron chi connectivity index (χ2n) is 8.26. The lowest BCUT2D eigenvalue weighted by Gasteiger charge is -2.33. The maximum Gasteiger partial charge on any atom is 0.391 e. The predicted octanol–water partition coefficient (Wildman–Crippen LogP) is 5.77. The molecule has 0 unspecified atom stereocenters. The molecule has 1 fully saturated rings. The van der Waals surface area contributed by atoms with E-state index in [1.54, 1.807) is 42.5 Å². The van der Waals surface area contributed by atoms with Crippen molar-refractivity contribution in [1.82, 2.24) is 9.88 Å². The standard InChI is InChI=1S/C25H21ClF3N3O2/c1-34-24-20(14-32-10-8-18(9-11-32)25(27,28)29)22(26)19-12-17(6-7-21(19)31-24)23(33)16-4-2-15(13-30)3-5-16/h2-7,12,18H,8-11,14H2,1H3. The third-order valence-electron chi connectivity index (χ3n) is 6.14. The van der Waals surface area contributed by atoms with Crippen LogP contribution in [0.1, 0.15) is 39.9 Å². The molecular formula is C25H21ClF3N3O2. The van der Waals surface area contributed by atoms with Gasteiger partial charge in [0.05, 0.1) is 35.2 Å². The van der Waals surface area contributed by atoms with E-state index in [1.165, 1.54) is 7.11 Å². The zero-order valence-corrected chi connectivity index (χ0v) is 19.1. The molecule has 1 saturated heterocycles. The minimum atomic E-state index is -4.18. The van der Waals surface area contributed by atoms with Crippen LogP contribution in [-0.4, -0.2) is 42.0 Å². The average Bonchev–Trinajstić information content (AvgIpc) is 2.84. The van der Waals surface area contributed by atoms with E-state index in [0.29, 0.717) is 63.7 Å². The average molecular weight is 488 g/mol. The monoisotopic (exact) mass is 487 g/mol. The van der Waals surface area contributed by atoms with Crippen LogP contribution in [0.15, 0.2) is 42.5 Å². The number of pyridine rings is 1. The first-order valence-electron chi connectivity index (χ1n) is 10.7. The number of rotatable bonds is 5. The van der Waals surface area contributed by atoms with Crippen molar-refractivity contribution in [2.24, 2.45) is 5.92 Å². The summed E-state index contributed by atoms with van der Waals surface area (Å²) >= 11 is 6.73. The number of nitriles is 1. The Kier molecular flexibility index (Phi) is 6.78. The number of fused-ring (bicyclic) bond motifs is 1. The van der Waals surface area contributed by atoms with Gasteiger partial charge in [0.15, 0.2) is 5.78 Å². The van der Waals surface area contributed by atoms with Crippen molar-refractivity contribution in [1.29, 1.82) is 5.26 Å². The number of carbonyl (C=O) groups is 1. The van der Waals surface area contributed by atoms with Crippen LogP contribution in [0.5, 0.6) is 5.88 Å². The molecule has 5 nitrogen and oxygen atoms in total. The number of nitrogens with zero attached hydrogens (tertiary/aromatic N) is 3. The Bertz CT molecular complexity index is 1260. The number of carbonyl (C=O) groups excluding carboxylic acids is 1. The van der Waals surface area contributed by atoms with E-state index in [0.717, 1.165) is 0 Å². The molecule has 176 valence electrons. The van der Waals surface area contributed by atoms with Gasteiger partial charge in [0.2, 0.25) is 5.88 Å². The fourth-order valence-electron chi connectivity index (χ4n) is 4.19. The first-order valence-corrected chi connectivity index (χ1v) is 11.1. The van der Waals surface area contributed by atoms with Gasteiger partial charge in [-0.3, -0.25) is 9.69 Å². The smallest absolute Gasteiger partial charge is 0.391 e. The van der Waals surface area contributed by atoms with Crippen molar-refractivity contribution in [3.63, 3.8) is 0 Å². The number of ether oxygens (including phenoxy) is 1. The van der Waals surface area contributed by atoms with Crippen molar-refractivity contribution >= 4 is 28.3 Å². The summed E-state index contributed by atoms with van der Waals surface area (Å²) in [7, 11) is 1.46. The van der Waals surface area contributed by atoms with Gasteiger partial charge in [-0.15, -0.1) is 0 Å². The van der Waals surface area contributed by atoms with Gasteiger partial charge in [0, 0.05) is 28.6 Å². The Balaban J connectivity index is 1.63. The third-order valence-corrected chi connectivity index (χ3v) is 6.57. The van der Waals surface area contributed by atoms with Crippen molar-refractivity contribution in [2.45, 2.75) is 25.6 Å². The Labute approximate surface area is 199 Å². The summed E-state index contributed by atoms with van der Waals surface area (Å²) < 4.78 is 44.4. The number of hydrogen-bond donors (Lipinski definition) is 0. The van der Waals surface area contributed by atoms with Crippen LogP contribution in [0.4, 0.5) is 13.2 Å². The van der Waals surface area contributed by atoms with Gasteiger partial charge in [-0.2, -0.15) is 18.4 Å². The van der Waals surface area contributed by atoms with E-state index in [2.05, 4.69) is 4.98 Å². The summed E-state index contributed by atoms with van der Waals surface area (Å²) in [5, 5.41) is 9.86. The zero-order chi connectivity index (χ0) is 24.5. The molecule has 34 heavy (non-hydrogen) atoms. The molecule has 0 amide bonds. The topological polar surface area (TPSA) is 66.2 Å². The van der Waals surface area contributed by atoms with E-state index in [4.69, 9.17) is 21.6 Å². The molecule has 4 rings (SSSR count). The summed E-state index contributed by atoms with van der Waals surface area (Å²) in [6, 6.07) is 13.3. The Morgan fingerprint density at radius 1 is 1.18 bits per heavy atom. The highest BCUT2D eigenvalue weighted by atomic mass is 35.5. The molecule has 0 N–H and O–H groups in total. The molecule has 1 aliphatic rings. The van der Waals surface area contributed by atoms with Gasteiger partial charge in [0.25, 0.3) is 0 Å². The van der Waals surface area contributed by atoms with Gasteiger partial charge >= 0.3 is 6.18 Å². The number of aromatic nitrogens is 1. The molecule has 1 aliphatic heterocycles. The molecule has 2 aromatic carbocycles. The van der Waals surface area contributed by atoms with Gasteiger partial charge in [-0.05, 0) is 68.4 Å². The number of alkyl halides is 3. The summed E-state index contributed by atoms with van der Waals surface area (Å²) in [5.41, 5.74) is 2.41. The molecule has 0 aliphatic carbocycles. The van der Waals surface area contributed by atoms with Crippen molar-refractivity contribution in [3.8, 4) is 11.9 Å². The van der Waals surface area contributed by atoms with Crippen LogP contribution in [0, 0.1) is 17.2 Å². The molecule has 0 saturated carbocycles. The Morgan fingerprint density at radius 2 is 1.82 bits per heavy atom. The first-order chi connectivity index (χ1) is 16.2. The van der Waals surface area contributed by atoms with E-state index in [-0.39, 0.29) is 18.6 Å². The number of methoxy groups -OCH3 is 1.